The lowest BCUT2D eigenvalue weighted by molar-refractivity contribution is -0.130. The molecular formula is C23H15ClN2O4S. The van der Waals surface area contributed by atoms with Gasteiger partial charge in [-0.25, -0.2) is 0 Å². The number of aliphatic hydroxyl groups excluding tert-OH is 1. The molecule has 4 heterocycles. The summed E-state index contributed by atoms with van der Waals surface area (Å²) in [5.41, 5.74) is 1.29. The van der Waals surface area contributed by atoms with Crippen LogP contribution in [0.4, 0.5) is 0 Å². The molecule has 0 radical (unpaired) electrons. The largest absolute Gasteiger partial charge is 0.503 e. The molecule has 154 valence electrons. The van der Waals surface area contributed by atoms with Crippen LogP contribution in [0, 0.1) is 0 Å². The number of hydrogen-bond donors (Lipinski definition) is 1. The molecule has 1 unspecified atom stereocenters. The molecule has 0 saturated carbocycles. The number of pyridine rings is 1. The van der Waals surface area contributed by atoms with Crippen LogP contribution in [0.5, 0.6) is 0 Å². The lowest BCUT2D eigenvalue weighted by Gasteiger charge is -2.25. The second-order valence-electron chi connectivity index (χ2n) is 7.10. The van der Waals surface area contributed by atoms with Crippen LogP contribution in [0.2, 0.25) is 5.02 Å². The second kappa shape index (κ2) is 7.68. The van der Waals surface area contributed by atoms with Crippen molar-refractivity contribution in [3.63, 3.8) is 0 Å². The van der Waals surface area contributed by atoms with E-state index in [9.17, 15) is 14.7 Å². The Morgan fingerprint density at radius 2 is 2.10 bits per heavy atom. The van der Waals surface area contributed by atoms with E-state index in [4.69, 9.17) is 16.0 Å². The number of benzene rings is 1. The molecule has 31 heavy (non-hydrogen) atoms. The number of ketones is 1. The van der Waals surface area contributed by atoms with Crippen LogP contribution < -0.4 is 0 Å². The minimum absolute atomic E-state index is 0.00138. The average Bonchev–Trinajstić information content (AvgIpc) is 3.49. The first-order valence-corrected chi connectivity index (χ1v) is 10.7. The number of carbonyl (C=O) groups is 2. The summed E-state index contributed by atoms with van der Waals surface area (Å²) in [6.07, 6.45) is 3.29. The normalized spacial score (nSPS) is 16.5. The number of nitrogens with zero attached hydrogens (tertiary/aromatic N) is 2. The summed E-state index contributed by atoms with van der Waals surface area (Å²) in [7, 11) is 0. The summed E-state index contributed by atoms with van der Waals surface area (Å²) >= 11 is 7.44. The Morgan fingerprint density at radius 3 is 2.84 bits per heavy atom. The lowest BCUT2D eigenvalue weighted by atomic mass is 10.00. The molecule has 1 aliphatic heterocycles. The van der Waals surface area contributed by atoms with Gasteiger partial charge >= 0.3 is 0 Å². The van der Waals surface area contributed by atoms with Crippen molar-refractivity contribution in [2.75, 3.05) is 0 Å². The number of halogens is 1. The van der Waals surface area contributed by atoms with Gasteiger partial charge in [0.25, 0.3) is 5.91 Å². The average molecular weight is 451 g/mol. The van der Waals surface area contributed by atoms with Crippen LogP contribution >= 0.6 is 22.9 Å². The maximum absolute atomic E-state index is 13.4. The van der Waals surface area contributed by atoms with Crippen molar-refractivity contribution < 1.29 is 19.1 Å². The Morgan fingerprint density at radius 1 is 1.23 bits per heavy atom. The summed E-state index contributed by atoms with van der Waals surface area (Å²) in [5, 5.41) is 13.8. The molecular weight excluding hydrogens is 436 g/mol. The molecule has 1 aromatic carbocycles. The van der Waals surface area contributed by atoms with E-state index in [0.717, 1.165) is 10.4 Å². The van der Waals surface area contributed by atoms with Crippen LogP contribution in [0.1, 0.15) is 27.0 Å². The van der Waals surface area contributed by atoms with Crippen LogP contribution in [0.25, 0.3) is 11.0 Å². The lowest BCUT2D eigenvalue weighted by Crippen LogP contribution is -2.30. The number of rotatable bonds is 5. The molecule has 3 aromatic heterocycles. The SMILES string of the molecule is O=C(C1=C(O)C(=O)N(Cc2cccnc2)C1c1cccs1)c1cc2cc(Cl)ccc2o1. The molecule has 1 atom stereocenters. The van der Waals surface area contributed by atoms with Crippen molar-refractivity contribution in [2.24, 2.45) is 0 Å². The van der Waals surface area contributed by atoms with Gasteiger partial charge in [-0.1, -0.05) is 23.7 Å². The van der Waals surface area contributed by atoms with E-state index in [1.165, 1.54) is 16.2 Å². The number of aliphatic hydroxyl groups is 1. The number of Topliss-reactive ketones (excluding diaryl/α,β-unsaturated/α-hetero) is 1. The fraction of sp³-hybridized carbons (Fsp3) is 0.0870. The molecule has 0 fully saturated rings. The van der Waals surface area contributed by atoms with Crippen molar-refractivity contribution in [3.05, 3.63) is 98.9 Å². The van der Waals surface area contributed by atoms with Gasteiger partial charge in [0.05, 0.1) is 5.57 Å². The molecule has 4 aromatic rings. The van der Waals surface area contributed by atoms with Crippen molar-refractivity contribution in [3.8, 4) is 0 Å². The standard InChI is InChI=1S/C23H15ClN2O4S/c24-15-5-6-16-14(9-15)10-17(30-16)21(27)19-20(18-4-2-8-31-18)26(23(29)22(19)28)12-13-3-1-7-25-11-13/h1-11,20,28H,12H2. The fourth-order valence-corrected chi connectivity index (χ4v) is 4.76. The van der Waals surface area contributed by atoms with E-state index in [-0.39, 0.29) is 17.9 Å². The maximum atomic E-state index is 13.4. The molecule has 1 aliphatic rings. The molecule has 0 bridgehead atoms. The number of fused-ring (bicyclic) bond motifs is 1. The third-order valence-corrected chi connectivity index (χ3v) is 6.30. The number of thiophene rings is 1. The zero-order valence-corrected chi connectivity index (χ0v) is 17.6. The minimum atomic E-state index is -0.725. The van der Waals surface area contributed by atoms with Crippen LogP contribution in [0.3, 0.4) is 0 Å². The molecule has 8 heteroatoms. The van der Waals surface area contributed by atoms with Gasteiger partial charge in [0.2, 0.25) is 5.78 Å². The Balaban J connectivity index is 1.58. The number of hydrogen-bond acceptors (Lipinski definition) is 6. The zero-order chi connectivity index (χ0) is 21.5. The van der Waals surface area contributed by atoms with E-state index in [1.54, 1.807) is 42.7 Å². The smallest absolute Gasteiger partial charge is 0.290 e. The van der Waals surface area contributed by atoms with Gasteiger partial charge in [0.1, 0.15) is 11.6 Å². The first-order chi connectivity index (χ1) is 15.0. The van der Waals surface area contributed by atoms with Crippen molar-refractivity contribution >= 4 is 45.6 Å². The summed E-state index contributed by atoms with van der Waals surface area (Å²) in [6, 6.07) is 13.2. The number of furan rings is 1. The van der Waals surface area contributed by atoms with Gasteiger partial charge in [0, 0.05) is 34.2 Å². The highest BCUT2D eigenvalue weighted by Gasteiger charge is 2.45. The van der Waals surface area contributed by atoms with Gasteiger partial charge in [-0.2, -0.15) is 0 Å². The number of carbonyl (C=O) groups excluding carboxylic acids is 2. The maximum Gasteiger partial charge on any atom is 0.290 e. The van der Waals surface area contributed by atoms with Crippen molar-refractivity contribution in [1.29, 1.82) is 0 Å². The monoisotopic (exact) mass is 450 g/mol. The number of amides is 1. The quantitative estimate of drug-likeness (QED) is 0.416. The van der Waals surface area contributed by atoms with Crippen LogP contribution in [0.15, 0.2) is 82.1 Å². The Labute approximate surface area is 186 Å². The third-order valence-electron chi connectivity index (χ3n) is 5.14. The van der Waals surface area contributed by atoms with Gasteiger partial charge in [0.15, 0.2) is 11.5 Å². The molecule has 1 amide bonds. The predicted molar refractivity (Wildman–Crippen MR) is 117 cm³/mol. The van der Waals surface area contributed by atoms with Gasteiger partial charge < -0.3 is 14.4 Å². The first-order valence-electron chi connectivity index (χ1n) is 9.43. The molecule has 0 saturated heterocycles. The Hall–Kier alpha value is -3.42. The Bertz CT molecular complexity index is 1330. The van der Waals surface area contributed by atoms with E-state index in [1.807, 2.05) is 23.6 Å². The highest BCUT2D eigenvalue weighted by atomic mass is 35.5. The van der Waals surface area contributed by atoms with E-state index in [0.29, 0.717) is 16.0 Å². The Kier molecular flexibility index (Phi) is 4.84. The highest BCUT2D eigenvalue weighted by molar-refractivity contribution is 7.10. The predicted octanol–water partition coefficient (Wildman–Crippen LogP) is 5.32. The van der Waals surface area contributed by atoms with Crippen molar-refractivity contribution in [1.82, 2.24) is 9.88 Å². The molecule has 1 N–H and O–H groups in total. The van der Waals surface area contributed by atoms with Crippen LogP contribution in [-0.2, 0) is 11.3 Å². The number of aromatic nitrogens is 1. The van der Waals surface area contributed by atoms with E-state index < -0.39 is 23.5 Å². The summed E-state index contributed by atoms with van der Waals surface area (Å²) in [4.78, 5) is 32.7. The second-order valence-corrected chi connectivity index (χ2v) is 8.51. The zero-order valence-electron chi connectivity index (χ0n) is 16.0. The minimum Gasteiger partial charge on any atom is -0.503 e. The highest BCUT2D eigenvalue weighted by Crippen LogP contribution is 2.42. The molecule has 5 rings (SSSR count). The fourth-order valence-electron chi connectivity index (χ4n) is 3.74. The van der Waals surface area contributed by atoms with Crippen LogP contribution in [-0.4, -0.2) is 26.7 Å². The topological polar surface area (TPSA) is 83.6 Å². The van der Waals surface area contributed by atoms with Gasteiger partial charge in [-0.05, 0) is 47.3 Å². The summed E-state index contributed by atoms with van der Waals surface area (Å²) in [6.45, 7) is 0.200. The van der Waals surface area contributed by atoms with Gasteiger partial charge in [-0.3, -0.25) is 14.6 Å². The van der Waals surface area contributed by atoms with Gasteiger partial charge in [-0.15, -0.1) is 11.3 Å². The summed E-state index contributed by atoms with van der Waals surface area (Å²) in [5.74, 6) is -1.67. The molecule has 0 spiro atoms. The van der Waals surface area contributed by atoms with Crippen molar-refractivity contribution in [2.45, 2.75) is 12.6 Å². The molecule has 0 aliphatic carbocycles. The van der Waals surface area contributed by atoms with E-state index in [2.05, 4.69) is 4.98 Å². The van der Waals surface area contributed by atoms with E-state index >= 15 is 0 Å². The molecule has 6 nitrogen and oxygen atoms in total. The summed E-state index contributed by atoms with van der Waals surface area (Å²) < 4.78 is 5.71. The first kappa shape index (κ1) is 19.5. The third kappa shape index (κ3) is 3.41.